The lowest BCUT2D eigenvalue weighted by Crippen LogP contribution is -2.45. The molecule has 1 aromatic heterocycles. The molecular weight excluding hydrogens is 290 g/mol. The van der Waals surface area contributed by atoms with Gasteiger partial charge in [-0.3, -0.25) is 0 Å². The number of nitrogens with one attached hydrogen (secondary N) is 1. The van der Waals surface area contributed by atoms with Crippen LogP contribution < -0.4 is 4.39 Å². The van der Waals surface area contributed by atoms with Crippen LogP contribution in [-0.4, -0.2) is 29.7 Å². The third-order valence-corrected chi connectivity index (χ3v) is 7.66. The molecule has 0 bridgehead atoms. The van der Waals surface area contributed by atoms with Crippen molar-refractivity contribution in [3.63, 3.8) is 0 Å². The van der Waals surface area contributed by atoms with Crippen molar-refractivity contribution in [1.29, 1.82) is 0 Å². The maximum absolute atomic E-state index is 12.3. The molecule has 1 N–H and O–H groups in total. The van der Waals surface area contributed by atoms with Crippen molar-refractivity contribution < 1.29 is 17.9 Å². The van der Waals surface area contributed by atoms with Crippen molar-refractivity contribution in [2.45, 2.75) is 31.5 Å². The van der Waals surface area contributed by atoms with Gasteiger partial charge in [0.25, 0.3) is 0 Å². The Morgan fingerprint density at radius 1 is 1.39 bits per heavy atom. The monoisotopic (exact) mass is 307 g/mol. The number of esters is 1. The molecule has 1 rings (SSSR count). The standard InChI is InChI=1S/C10H17NO4S2Si/c1-7-9(8(6-16-7)10(12)15-2)17(13,14)11-18(3,4)5/h6,11H,1-5H3. The summed E-state index contributed by atoms with van der Waals surface area (Å²) in [5.74, 6) is -0.629. The normalized spacial score (nSPS) is 12.5. The van der Waals surface area contributed by atoms with Gasteiger partial charge in [-0.15, -0.1) is 11.3 Å². The first-order valence-corrected chi connectivity index (χ1v) is 11.1. The Labute approximate surface area is 112 Å². The topological polar surface area (TPSA) is 72.5 Å². The molecule has 0 aliphatic rings. The van der Waals surface area contributed by atoms with Crippen molar-refractivity contribution in [2.24, 2.45) is 0 Å². The predicted octanol–water partition coefficient (Wildman–Crippen LogP) is 1.96. The van der Waals surface area contributed by atoms with E-state index in [0.717, 1.165) is 0 Å². The van der Waals surface area contributed by atoms with Crippen molar-refractivity contribution in [2.75, 3.05) is 7.11 Å². The number of hydrogen-bond donors (Lipinski definition) is 1. The number of ether oxygens (including phenoxy) is 1. The van der Waals surface area contributed by atoms with Gasteiger partial charge in [-0.1, -0.05) is 19.6 Å². The molecule has 0 atom stereocenters. The molecule has 1 heterocycles. The molecule has 0 saturated heterocycles. The summed E-state index contributed by atoms with van der Waals surface area (Å²) in [6.07, 6.45) is 0. The van der Waals surface area contributed by atoms with Gasteiger partial charge in [0, 0.05) is 10.3 Å². The number of carbonyl (C=O) groups is 1. The van der Waals surface area contributed by atoms with Gasteiger partial charge in [0.15, 0.2) is 0 Å². The molecule has 0 spiro atoms. The summed E-state index contributed by atoms with van der Waals surface area (Å²) in [7, 11) is -4.46. The summed E-state index contributed by atoms with van der Waals surface area (Å²) in [5, 5.41) is 1.51. The number of thiophene rings is 1. The number of carbonyl (C=O) groups excluding carboxylic acids is 1. The predicted molar refractivity (Wildman–Crippen MR) is 74.1 cm³/mol. The van der Waals surface area contributed by atoms with Gasteiger partial charge < -0.3 is 4.74 Å². The van der Waals surface area contributed by atoms with Crippen molar-refractivity contribution in [1.82, 2.24) is 4.39 Å². The van der Waals surface area contributed by atoms with E-state index in [0.29, 0.717) is 4.88 Å². The van der Waals surface area contributed by atoms with Gasteiger partial charge in [0.2, 0.25) is 10.0 Å². The smallest absolute Gasteiger partial charge is 0.340 e. The van der Waals surface area contributed by atoms with Crippen LogP contribution in [0.25, 0.3) is 0 Å². The second-order valence-electron chi connectivity index (χ2n) is 4.88. The van der Waals surface area contributed by atoms with Gasteiger partial charge in [-0.25, -0.2) is 17.6 Å². The van der Waals surface area contributed by atoms with Crippen LogP contribution in [0.1, 0.15) is 15.2 Å². The maximum Gasteiger partial charge on any atom is 0.340 e. The van der Waals surface area contributed by atoms with Crippen molar-refractivity contribution in [3.05, 3.63) is 15.8 Å². The number of aryl methyl sites for hydroxylation is 1. The molecule has 1 aromatic rings. The van der Waals surface area contributed by atoms with Gasteiger partial charge in [0.05, 0.1) is 12.7 Å². The summed E-state index contributed by atoms with van der Waals surface area (Å²) in [6, 6.07) is 0. The molecule has 0 fully saturated rings. The fourth-order valence-electron chi connectivity index (χ4n) is 1.48. The minimum Gasteiger partial charge on any atom is -0.465 e. The van der Waals surface area contributed by atoms with E-state index >= 15 is 0 Å². The Bertz CT molecular complexity index is 557. The number of rotatable bonds is 4. The van der Waals surface area contributed by atoms with Gasteiger partial charge in [-0.05, 0) is 6.92 Å². The third-order valence-electron chi connectivity index (χ3n) is 2.03. The Hall–Kier alpha value is -0.703. The first kappa shape index (κ1) is 15.4. The van der Waals surface area contributed by atoms with Crippen LogP contribution >= 0.6 is 11.3 Å². The highest BCUT2D eigenvalue weighted by Gasteiger charge is 2.30. The molecule has 0 amide bonds. The molecule has 18 heavy (non-hydrogen) atoms. The van der Waals surface area contributed by atoms with Crippen LogP contribution in [-0.2, 0) is 14.8 Å². The van der Waals surface area contributed by atoms with Gasteiger partial charge >= 0.3 is 5.97 Å². The van der Waals surface area contributed by atoms with Crippen molar-refractivity contribution >= 4 is 35.6 Å². The lowest BCUT2D eigenvalue weighted by atomic mass is 10.3. The summed E-state index contributed by atoms with van der Waals surface area (Å²) in [4.78, 5) is 12.2. The van der Waals surface area contributed by atoms with E-state index in [9.17, 15) is 13.2 Å². The van der Waals surface area contributed by atoms with E-state index < -0.39 is 24.2 Å². The molecule has 102 valence electrons. The molecule has 0 unspecified atom stereocenters. The highest BCUT2D eigenvalue weighted by Crippen LogP contribution is 2.27. The lowest BCUT2D eigenvalue weighted by molar-refractivity contribution is 0.0597. The fraction of sp³-hybridized carbons (Fsp3) is 0.500. The third kappa shape index (κ3) is 3.41. The zero-order valence-corrected chi connectivity index (χ0v) is 13.7. The van der Waals surface area contributed by atoms with E-state index in [1.54, 1.807) is 6.92 Å². The van der Waals surface area contributed by atoms with E-state index in [4.69, 9.17) is 0 Å². The first-order valence-electron chi connectivity index (χ1n) is 5.29. The Morgan fingerprint density at radius 2 is 1.94 bits per heavy atom. The zero-order valence-electron chi connectivity index (χ0n) is 11.0. The van der Waals surface area contributed by atoms with E-state index in [2.05, 4.69) is 9.12 Å². The molecule has 0 aliphatic heterocycles. The summed E-state index contributed by atoms with van der Waals surface area (Å²) < 4.78 is 31.9. The molecular formula is C10H17NO4S2Si. The Kier molecular flexibility index (Phi) is 4.37. The minimum atomic E-state index is -3.67. The highest BCUT2D eigenvalue weighted by atomic mass is 32.2. The average molecular weight is 307 g/mol. The maximum atomic E-state index is 12.3. The fourth-order valence-corrected chi connectivity index (χ4v) is 7.20. The van der Waals surface area contributed by atoms with Crippen LogP contribution in [0.4, 0.5) is 0 Å². The van der Waals surface area contributed by atoms with Crippen molar-refractivity contribution in [3.8, 4) is 0 Å². The largest absolute Gasteiger partial charge is 0.465 e. The number of sulfonamides is 1. The van der Waals surface area contributed by atoms with Crippen LogP contribution in [0.15, 0.2) is 10.3 Å². The summed E-state index contributed by atoms with van der Waals surface area (Å²) >= 11 is 1.22. The second-order valence-corrected chi connectivity index (χ2v) is 12.7. The number of hydrogen-bond acceptors (Lipinski definition) is 5. The summed E-state index contributed by atoms with van der Waals surface area (Å²) in [6.45, 7) is 7.31. The Balaban J connectivity index is 3.33. The van der Waals surface area contributed by atoms with Gasteiger partial charge in [0.1, 0.15) is 13.1 Å². The first-order chi connectivity index (χ1) is 8.08. The molecule has 0 aliphatic carbocycles. The van der Waals surface area contributed by atoms with Crippen LogP contribution in [0.2, 0.25) is 19.6 Å². The van der Waals surface area contributed by atoms with E-state index in [1.807, 2.05) is 19.6 Å². The summed E-state index contributed by atoms with van der Waals surface area (Å²) in [5.41, 5.74) is 0.103. The van der Waals surface area contributed by atoms with Crippen LogP contribution in [0.5, 0.6) is 0 Å². The Morgan fingerprint density at radius 3 is 2.39 bits per heavy atom. The molecule has 0 saturated carbocycles. The van der Waals surface area contributed by atoms with Gasteiger partial charge in [-0.2, -0.15) is 0 Å². The second kappa shape index (κ2) is 5.12. The lowest BCUT2D eigenvalue weighted by Gasteiger charge is -2.18. The molecule has 5 nitrogen and oxygen atoms in total. The molecule has 0 radical (unpaired) electrons. The molecule has 0 aromatic carbocycles. The van der Waals surface area contributed by atoms with Crippen LogP contribution in [0, 0.1) is 6.92 Å². The van der Waals surface area contributed by atoms with E-state index in [1.165, 1.54) is 23.8 Å². The SMILES string of the molecule is COC(=O)c1csc(C)c1S(=O)(=O)N[Si](C)(C)C. The van der Waals surface area contributed by atoms with Crippen LogP contribution in [0.3, 0.4) is 0 Å². The zero-order chi connectivity index (χ0) is 14.1. The van der Waals surface area contributed by atoms with E-state index in [-0.39, 0.29) is 10.5 Å². The minimum absolute atomic E-state index is 0.0433. The quantitative estimate of drug-likeness (QED) is 0.682. The highest BCUT2D eigenvalue weighted by molar-refractivity contribution is 7.91. The average Bonchev–Trinajstić information content (AvgIpc) is 2.56. The molecule has 8 heteroatoms. The number of methoxy groups -OCH3 is 1.